The summed E-state index contributed by atoms with van der Waals surface area (Å²) < 4.78 is 1.95. The van der Waals surface area contributed by atoms with Gasteiger partial charge in [-0.25, -0.2) is 4.98 Å². The molecule has 0 aliphatic heterocycles. The molecule has 0 aliphatic rings. The lowest BCUT2D eigenvalue weighted by atomic mass is 10.2. The molecule has 0 aromatic carbocycles. The Kier molecular flexibility index (Phi) is 5.91. The minimum absolute atomic E-state index is 0.148. The summed E-state index contributed by atoms with van der Waals surface area (Å²) in [7, 11) is 0. The van der Waals surface area contributed by atoms with E-state index >= 15 is 0 Å². The van der Waals surface area contributed by atoms with Crippen molar-refractivity contribution < 1.29 is 4.79 Å². The third-order valence-corrected chi connectivity index (χ3v) is 2.98. The predicted molar refractivity (Wildman–Crippen MR) is 69.3 cm³/mol. The van der Waals surface area contributed by atoms with E-state index in [1.807, 2.05) is 10.8 Å². The van der Waals surface area contributed by atoms with Crippen LogP contribution in [0.15, 0.2) is 12.4 Å². The average Bonchev–Trinajstić information content (AvgIpc) is 2.79. The van der Waals surface area contributed by atoms with Gasteiger partial charge in [-0.2, -0.15) is 0 Å². The van der Waals surface area contributed by atoms with Crippen molar-refractivity contribution in [3.05, 3.63) is 18.2 Å². The number of aromatic nitrogens is 2. The molecule has 0 atom stereocenters. The molecule has 0 amide bonds. The van der Waals surface area contributed by atoms with Crippen LogP contribution in [0.25, 0.3) is 0 Å². The summed E-state index contributed by atoms with van der Waals surface area (Å²) in [5.41, 5.74) is 0. The molecule has 4 nitrogen and oxygen atoms in total. The van der Waals surface area contributed by atoms with Crippen molar-refractivity contribution in [2.24, 2.45) is 0 Å². The normalized spacial score (nSPS) is 11.1. The van der Waals surface area contributed by atoms with E-state index in [4.69, 9.17) is 0 Å². The molecule has 0 bridgehead atoms. The standard InChI is InChI=1S/C13H23N3O/c1-4-9-16-11-8-14-13(16)12(17)7-10-15(5-2)6-3/h8,11H,4-7,9-10H2,1-3H3. The molecule has 0 spiro atoms. The fourth-order valence-electron chi connectivity index (χ4n) is 1.89. The van der Waals surface area contributed by atoms with Gasteiger partial charge in [-0.1, -0.05) is 20.8 Å². The SMILES string of the molecule is CCCn1ccnc1C(=O)CCN(CC)CC. The summed E-state index contributed by atoms with van der Waals surface area (Å²) in [6.45, 7) is 10.0. The lowest BCUT2D eigenvalue weighted by Crippen LogP contribution is -2.26. The van der Waals surface area contributed by atoms with Gasteiger partial charge in [0.05, 0.1) is 0 Å². The van der Waals surface area contributed by atoms with Crippen LogP contribution in [-0.2, 0) is 6.54 Å². The molecule has 0 aliphatic carbocycles. The summed E-state index contributed by atoms with van der Waals surface area (Å²) >= 11 is 0. The van der Waals surface area contributed by atoms with Crippen LogP contribution in [0.1, 0.15) is 44.2 Å². The molecular formula is C13H23N3O. The molecule has 0 N–H and O–H groups in total. The van der Waals surface area contributed by atoms with Gasteiger partial charge in [0.25, 0.3) is 0 Å². The van der Waals surface area contributed by atoms with Crippen LogP contribution in [-0.4, -0.2) is 39.9 Å². The van der Waals surface area contributed by atoms with Gasteiger partial charge in [0, 0.05) is 31.9 Å². The number of nitrogens with zero attached hydrogens (tertiary/aromatic N) is 3. The summed E-state index contributed by atoms with van der Waals surface area (Å²) in [6.07, 6.45) is 5.17. The third kappa shape index (κ3) is 3.97. The van der Waals surface area contributed by atoms with Gasteiger partial charge in [-0.15, -0.1) is 0 Å². The maximum absolute atomic E-state index is 12.0. The Balaban J connectivity index is 2.54. The minimum Gasteiger partial charge on any atom is -0.329 e. The van der Waals surface area contributed by atoms with E-state index in [2.05, 4.69) is 30.7 Å². The van der Waals surface area contributed by atoms with E-state index in [-0.39, 0.29) is 5.78 Å². The predicted octanol–water partition coefficient (Wildman–Crippen LogP) is 2.21. The first-order valence-corrected chi connectivity index (χ1v) is 6.49. The molecule has 1 aromatic heterocycles. The second-order valence-electron chi connectivity index (χ2n) is 4.14. The Morgan fingerprint density at radius 1 is 1.35 bits per heavy atom. The summed E-state index contributed by atoms with van der Waals surface area (Å²) in [6, 6.07) is 0. The Morgan fingerprint density at radius 3 is 2.65 bits per heavy atom. The highest BCUT2D eigenvalue weighted by Gasteiger charge is 2.13. The van der Waals surface area contributed by atoms with Crippen LogP contribution in [0, 0.1) is 0 Å². The quantitative estimate of drug-likeness (QED) is 0.651. The summed E-state index contributed by atoms with van der Waals surface area (Å²) in [4.78, 5) is 18.4. The highest BCUT2D eigenvalue weighted by Crippen LogP contribution is 2.04. The Labute approximate surface area is 104 Å². The van der Waals surface area contributed by atoms with Crippen molar-refractivity contribution in [1.82, 2.24) is 14.5 Å². The number of carbonyl (C=O) groups excluding carboxylic acids is 1. The van der Waals surface area contributed by atoms with E-state index in [1.54, 1.807) is 6.20 Å². The highest BCUT2D eigenvalue weighted by atomic mass is 16.1. The first-order valence-electron chi connectivity index (χ1n) is 6.49. The molecule has 0 fully saturated rings. The third-order valence-electron chi connectivity index (χ3n) is 2.98. The van der Waals surface area contributed by atoms with Crippen molar-refractivity contribution in [3.63, 3.8) is 0 Å². The van der Waals surface area contributed by atoms with Crippen molar-refractivity contribution in [2.45, 2.75) is 40.2 Å². The second-order valence-corrected chi connectivity index (χ2v) is 4.14. The van der Waals surface area contributed by atoms with E-state index < -0.39 is 0 Å². The van der Waals surface area contributed by atoms with Gasteiger partial charge in [-0.05, 0) is 19.5 Å². The van der Waals surface area contributed by atoms with E-state index in [0.29, 0.717) is 12.2 Å². The zero-order chi connectivity index (χ0) is 12.7. The highest BCUT2D eigenvalue weighted by molar-refractivity contribution is 5.92. The smallest absolute Gasteiger partial charge is 0.199 e. The fourth-order valence-corrected chi connectivity index (χ4v) is 1.89. The molecule has 0 saturated carbocycles. The molecule has 1 rings (SSSR count). The monoisotopic (exact) mass is 237 g/mol. The van der Waals surface area contributed by atoms with Crippen LogP contribution in [0.2, 0.25) is 0 Å². The van der Waals surface area contributed by atoms with Gasteiger partial charge in [0.2, 0.25) is 0 Å². The van der Waals surface area contributed by atoms with E-state index in [0.717, 1.165) is 32.6 Å². The lowest BCUT2D eigenvalue weighted by Gasteiger charge is -2.17. The van der Waals surface area contributed by atoms with Crippen molar-refractivity contribution in [1.29, 1.82) is 0 Å². The molecule has 0 saturated heterocycles. The summed E-state index contributed by atoms with van der Waals surface area (Å²) in [5, 5.41) is 0. The van der Waals surface area contributed by atoms with Crippen molar-refractivity contribution in [3.8, 4) is 0 Å². The second kappa shape index (κ2) is 7.22. The molecule has 1 aromatic rings. The maximum atomic E-state index is 12.0. The topological polar surface area (TPSA) is 38.1 Å². The van der Waals surface area contributed by atoms with Gasteiger partial charge >= 0.3 is 0 Å². The Bertz CT molecular complexity index is 342. The molecule has 4 heteroatoms. The number of hydrogen-bond donors (Lipinski definition) is 0. The Hall–Kier alpha value is -1.16. The number of hydrogen-bond acceptors (Lipinski definition) is 3. The number of Topliss-reactive ketones (excluding diaryl/α,β-unsaturated/α-hetero) is 1. The number of carbonyl (C=O) groups is 1. The maximum Gasteiger partial charge on any atom is 0.199 e. The van der Waals surface area contributed by atoms with E-state index in [9.17, 15) is 4.79 Å². The first kappa shape index (κ1) is 13.9. The number of imidazole rings is 1. The number of ketones is 1. The van der Waals surface area contributed by atoms with Crippen molar-refractivity contribution in [2.75, 3.05) is 19.6 Å². The van der Waals surface area contributed by atoms with Gasteiger partial charge in [0.1, 0.15) is 0 Å². The Morgan fingerprint density at radius 2 is 2.06 bits per heavy atom. The number of aryl methyl sites for hydroxylation is 1. The fraction of sp³-hybridized carbons (Fsp3) is 0.692. The zero-order valence-corrected chi connectivity index (χ0v) is 11.1. The van der Waals surface area contributed by atoms with E-state index in [1.165, 1.54) is 0 Å². The van der Waals surface area contributed by atoms with Crippen LogP contribution < -0.4 is 0 Å². The van der Waals surface area contributed by atoms with Crippen LogP contribution in [0.5, 0.6) is 0 Å². The zero-order valence-electron chi connectivity index (χ0n) is 11.1. The number of rotatable bonds is 8. The minimum atomic E-state index is 0.148. The molecule has 0 radical (unpaired) electrons. The summed E-state index contributed by atoms with van der Waals surface area (Å²) in [5.74, 6) is 0.759. The average molecular weight is 237 g/mol. The van der Waals surface area contributed by atoms with Gasteiger partial charge in [0.15, 0.2) is 11.6 Å². The first-order chi connectivity index (χ1) is 8.22. The van der Waals surface area contributed by atoms with Crippen molar-refractivity contribution >= 4 is 5.78 Å². The van der Waals surface area contributed by atoms with Gasteiger partial charge in [-0.3, -0.25) is 4.79 Å². The molecule has 96 valence electrons. The molecule has 17 heavy (non-hydrogen) atoms. The molecule has 1 heterocycles. The van der Waals surface area contributed by atoms with Crippen LogP contribution >= 0.6 is 0 Å². The molecule has 0 unspecified atom stereocenters. The lowest BCUT2D eigenvalue weighted by molar-refractivity contribution is 0.0952. The largest absolute Gasteiger partial charge is 0.329 e. The van der Waals surface area contributed by atoms with Crippen LogP contribution in [0.4, 0.5) is 0 Å². The molecular weight excluding hydrogens is 214 g/mol. The van der Waals surface area contributed by atoms with Gasteiger partial charge < -0.3 is 9.47 Å². The van der Waals surface area contributed by atoms with Crippen LogP contribution in [0.3, 0.4) is 0 Å².